The van der Waals surface area contributed by atoms with Gasteiger partial charge in [-0.3, -0.25) is 4.98 Å². The van der Waals surface area contributed by atoms with E-state index >= 15 is 0 Å². The van der Waals surface area contributed by atoms with Crippen molar-refractivity contribution in [1.82, 2.24) is 9.97 Å². The van der Waals surface area contributed by atoms with Gasteiger partial charge in [0.05, 0.1) is 23.0 Å². The summed E-state index contributed by atoms with van der Waals surface area (Å²) in [6.45, 7) is 5.81. The SMILES string of the molecule is Cc1cc(NC(C)c2nccs2)c(C#N)c(C)n1. The summed E-state index contributed by atoms with van der Waals surface area (Å²) in [5.41, 5.74) is 3.08. The van der Waals surface area contributed by atoms with Gasteiger partial charge in [-0.15, -0.1) is 11.3 Å². The zero-order chi connectivity index (χ0) is 13.1. The number of nitriles is 1. The number of aromatic nitrogens is 2. The number of nitrogens with one attached hydrogen (secondary N) is 1. The van der Waals surface area contributed by atoms with Crippen LogP contribution in [0.25, 0.3) is 0 Å². The van der Waals surface area contributed by atoms with E-state index in [1.807, 2.05) is 32.2 Å². The fourth-order valence-corrected chi connectivity index (χ4v) is 2.47. The fraction of sp³-hybridized carbons (Fsp3) is 0.308. The minimum absolute atomic E-state index is 0.0818. The first-order valence-corrected chi connectivity index (χ1v) is 6.54. The number of pyridine rings is 1. The van der Waals surface area contributed by atoms with Gasteiger partial charge in [0.1, 0.15) is 11.1 Å². The molecule has 0 aliphatic rings. The zero-order valence-electron chi connectivity index (χ0n) is 10.6. The molecular formula is C13H14N4S. The number of thiazole rings is 1. The smallest absolute Gasteiger partial charge is 0.115 e. The third-order valence-corrected chi connectivity index (χ3v) is 3.59. The lowest BCUT2D eigenvalue weighted by Gasteiger charge is -2.15. The maximum atomic E-state index is 9.19. The molecule has 2 rings (SSSR count). The highest BCUT2D eigenvalue weighted by Gasteiger charge is 2.13. The van der Waals surface area contributed by atoms with E-state index in [4.69, 9.17) is 0 Å². The van der Waals surface area contributed by atoms with Crippen LogP contribution in [-0.4, -0.2) is 9.97 Å². The Bertz CT molecular complexity index is 584. The van der Waals surface area contributed by atoms with E-state index in [2.05, 4.69) is 21.4 Å². The van der Waals surface area contributed by atoms with Crippen LogP contribution < -0.4 is 5.32 Å². The van der Waals surface area contributed by atoms with Gasteiger partial charge in [0.25, 0.3) is 0 Å². The van der Waals surface area contributed by atoms with Crippen molar-refractivity contribution in [2.24, 2.45) is 0 Å². The van der Waals surface area contributed by atoms with E-state index in [0.29, 0.717) is 5.56 Å². The molecule has 1 unspecified atom stereocenters. The maximum absolute atomic E-state index is 9.19. The van der Waals surface area contributed by atoms with Gasteiger partial charge in [-0.25, -0.2) is 4.98 Å². The van der Waals surface area contributed by atoms with Gasteiger partial charge in [-0.1, -0.05) is 0 Å². The largest absolute Gasteiger partial charge is 0.375 e. The number of hydrogen-bond acceptors (Lipinski definition) is 5. The van der Waals surface area contributed by atoms with Crippen LogP contribution >= 0.6 is 11.3 Å². The number of nitrogens with zero attached hydrogens (tertiary/aromatic N) is 3. The van der Waals surface area contributed by atoms with Crippen molar-refractivity contribution in [3.05, 3.63) is 39.6 Å². The van der Waals surface area contributed by atoms with Crippen LogP contribution in [0.2, 0.25) is 0 Å². The Kier molecular flexibility index (Phi) is 3.58. The number of rotatable bonds is 3. The summed E-state index contributed by atoms with van der Waals surface area (Å²) in [5.74, 6) is 0. The van der Waals surface area contributed by atoms with Crippen molar-refractivity contribution in [2.45, 2.75) is 26.8 Å². The van der Waals surface area contributed by atoms with E-state index in [1.165, 1.54) is 0 Å². The molecule has 2 aromatic heterocycles. The standard InChI is InChI=1S/C13H14N4S/c1-8-6-12(11(7-14)9(2)16-8)17-10(3)13-15-4-5-18-13/h4-6,10H,1-3H3,(H,16,17). The first-order valence-electron chi connectivity index (χ1n) is 5.66. The van der Waals surface area contributed by atoms with Gasteiger partial charge in [0, 0.05) is 17.3 Å². The Balaban J connectivity index is 2.32. The molecule has 0 fully saturated rings. The Labute approximate surface area is 110 Å². The van der Waals surface area contributed by atoms with Crippen molar-refractivity contribution in [1.29, 1.82) is 5.26 Å². The molecule has 2 aromatic rings. The molecule has 0 aliphatic carbocycles. The molecule has 0 aromatic carbocycles. The Morgan fingerprint density at radius 1 is 1.44 bits per heavy atom. The summed E-state index contributed by atoms with van der Waals surface area (Å²) in [6, 6.07) is 4.18. The molecule has 0 spiro atoms. The van der Waals surface area contributed by atoms with Crippen LogP contribution in [0.1, 0.15) is 34.9 Å². The van der Waals surface area contributed by atoms with E-state index < -0.39 is 0 Å². The highest BCUT2D eigenvalue weighted by Crippen LogP contribution is 2.25. The molecular weight excluding hydrogens is 244 g/mol. The highest BCUT2D eigenvalue weighted by atomic mass is 32.1. The van der Waals surface area contributed by atoms with Gasteiger partial charge in [0.15, 0.2) is 0 Å². The predicted molar refractivity (Wildman–Crippen MR) is 72.6 cm³/mol. The predicted octanol–water partition coefficient (Wildman–Crippen LogP) is 3.20. The fourth-order valence-electron chi connectivity index (χ4n) is 1.83. The summed E-state index contributed by atoms with van der Waals surface area (Å²) in [5, 5.41) is 15.5. The van der Waals surface area contributed by atoms with Crippen LogP contribution in [-0.2, 0) is 0 Å². The second-order valence-corrected chi connectivity index (χ2v) is 5.05. The van der Waals surface area contributed by atoms with E-state index in [9.17, 15) is 5.26 Å². The molecule has 0 amide bonds. The Morgan fingerprint density at radius 2 is 2.22 bits per heavy atom. The maximum Gasteiger partial charge on any atom is 0.115 e. The van der Waals surface area contributed by atoms with Gasteiger partial charge < -0.3 is 5.32 Å². The summed E-state index contributed by atoms with van der Waals surface area (Å²) < 4.78 is 0. The lowest BCUT2D eigenvalue weighted by atomic mass is 10.1. The molecule has 92 valence electrons. The zero-order valence-corrected chi connectivity index (χ0v) is 11.4. The van der Waals surface area contributed by atoms with Gasteiger partial charge in [-0.05, 0) is 26.8 Å². The van der Waals surface area contributed by atoms with Crippen molar-refractivity contribution in [3.63, 3.8) is 0 Å². The molecule has 2 heterocycles. The second-order valence-electron chi connectivity index (χ2n) is 4.12. The molecule has 18 heavy (non-hydrogen) atoms. The lowest BCUT2D eigenvalue weighted by Crippen LogP contribution is -2.09. The molecule has 1 N–H and O–H groups in total. The highest BCUT2D eigenvalue weighted by molar-refractivity contribution is 7.09. The third-order valence-electron chi connectivity index (χ3n) is 2.63. The van der Waals surface area contributed by atoms with Gasteiger partial charge in [0.2, 0.25) is 0 Å². The second kappa shape index (κ2) is 5.15. The van der Waals surface area contributed by atoms with Crippen LogP contribution in [0.5, 0.6) is 0 Å². The molecule has 0 saturated carbocycles. The number of aryl methyl sites for hydroxylation is 2. The Morgan fingerprint density at radius 3 is 2.83 bits per heavy atom. The monoisotopic (exact) mass is 258 g/mol. The van der Waals surface area contributed by atoms with Crippen molar-refractivity contribution in [3.8, 4) is 6.07 Å². The quantitative estimate of drug-likeness (QED) is 0.918. The van der Waals surface area contributed by atoms with Crippen molar-refractivity contribution in [2.75, 3.05) is 5.32 Å². The third kappa shape index (κ3) is 2.49. The normalized spacial score (nSPS) is 11.9. The summed E-state index contributed by atoms with van der Waals surface area (Å²) >= 11 is 1.60. The van der Waals surface area contributed by atoms with E-state index in [0.717, 1.165) is 22.1 Å². The molecule has 0 radical (unpaired) electrons. The number of hydrogen-bond donors (Lipinski definition) is 1. The molecule has 1 atom stereocenters. The van der Waals surface area contributed by atoms with Crippen LogP contribution in [0.4, 0.5) is 5.69 Å². The van der Waals surface area contributed by atoms with Crippen molar-refractivity contribution >= 4 is 17.0 Å². The summed E-state index contributed by atoms with van der Waals surface area (Å²) in [6.07, 6.45) is 1.78. The van der Waals surface area contributed by atoms with E-state index in [1.54, 1.807) is 17.5 Å². The molecule has 0 aliphatic heterocycles. The molecule has 4 nitrogen and oxygen atoms in total. The van der Waals surface area contributed by atoms with Crippen molar-refractivity contribution < 1.29 is 0 Å². The summed E-state index contributed by atoms with van der Waals surface area (Å²) in [4.78, 5) is 8.57. The number of anilines is 1. The molecule has 0 bridgehead atoms. The lowest BCUT2D eigenvalue weighted by molar-refractivity contribution is 0.866. The first-order chi connectivity index (χ1) is 8.61. The summed E-state index contributed by atoms with van der Waals surface area (Å²) in [7, 11) is 0. The molecule has 0 saturated heterocycles. The van der Waals surface area contributed by atoms with Gasteiger partial charge >= 0.3 is 0 Å². The van der Waals surface area contributed by atoms with E-state index in [-0.39, 0.29) is 6.04 Å². The van der Waals surface area contributed by atoms with Gasteiger partial charge in [-0.2, -0.15) is 5.26 Å². The minimum Gasteiger partial charge on any atom is -0.375 e. The average Bonchev–Trinajstić information content (AvgIpc) is 2.81. The first kappa shape index (κ1) is 12.5. The topological polar surface area (TPSA) is 61.6 Å². The van der Waals surface area contributed by atoms with Crippen LogP contribution in [0.3, 0.4) is 0 Å². The molecule has 5 heteroatoms. The van der Waals surface area contributed by atoms with Crippen LogP contribution in [0.15, 0.2) is 17.6 Å². The van der Waals surface area contributed by atoms with Crippen LogP contribution in [0, 0.1) is 25.2 Å². The minimum atomic E-state index is 0.0818. The average molecular weight is 258 g/mol. The Hall–Kier alpha value is -1.93.